The van der Waals surface area contributed by atoms with E-state index in [1.165, 1.54) is 23.0 Å². The molecular weight excluding hydrogens is 330 g/mol. The molecule has 128 valence electrons. The summed E-state index contributed by atoms with van der Waals surface area (Å²) in [5, 5.41) is 11.3. The lowest BCUT2D eigenvalue weighted by molar-refractivity contribution is 0.0706. The molecule has 3 aromatic carbocycles. The van der Waals surface area contributed by atoms with E-state index in [2.05, 4.69) is 4.98 Å². The van der Waals surface area contributed by atoms with Crippen LogP contribution in [0.5, 0.6) is 0 Å². The standard InChI is InChI=1S/C20H15N3O3/c24-19(22-26)16-7-8-18-17(10-16)20(25)23(12-21-18)11-13-5-6-14-3-1-2-4-15(14)9-13/h1-10,12,26H,11H2,(H,22,24). The molecule has 0 aliphatic rings. The van der Waals surface area contributed by atoms with Crippen molar-refractivity contribution in [2.24, 2.45) is 0 Å². The first kappa shape index (κ1) is 16.0. The minimum Gasteiger partial charge on any atom is -0.294 e. The lowest BCUT2D eigenvalue weighted by atomic mass is 10.1. The number of rotatable bonds is 3. The molecule has 6 heteroatoms. The molecule has 1 heterocycles. The van der Waals surface area contributed by atoms with E-state index >= 15 is 0 Å². The third-order valence-electron chi connectivity index (χ3n) is 4.35. The fraction of sp³-hybridized carbons (Fsp3) is 0.0500. The summed E-state index contributed by atoms with van der Waals surface area (Å²) in [5.74, 6) is -0.670. The van der Waals surface area contributed by atoms with E-state index < -0.39 is 5.91 Å². The molecule has 4 rings (SSSR count). The molecular formula is C20H15N3O3. The number of hydrogen-bond acceptors (Lipinski definition) is 4. The number of fused-ring (bicyclic) bond motifs is 2. The molecule has 0 radical (unpaired) electrons. The maximum atomic E-state index is 12.8. The Morgan fingerprint density at radius 1 is 1.04 bits per heavy atom. The molecule has 0 unspecified atom stereocenters. The van der Waals surface area contributed by atoms with Gasteiger partial charge >= 0.3 is 0 Å². The largest absolute Gasteiger partial charge is 0.294 e. The number of aromatic nitrogens is 2. The minimum absolute atomic E-state index is 0.197. The smallest absolute Gasteiger partial charge is 0.274 e. The highest BCUT2D eigenvalue weighted by atomic mass is 16.5. The average Bonchev–Trinajstić information content (AvgIpc) is 2.69. The van der Waals surface area contributed by atoms with Gasteiger partial charge in [0, 0.05) is 5.56 Å². The van der Waals surface area contributed by atoms with Crippen LogP contribution in [0.15, 0.2) is 71.8 Å². The molecule has 2 N–H and O–H groups in total. The molecule has 6 nitrogen and oxygen atoms in total. The van der Waals surface area contributed by atoms with Crippen LogP contribution in [0.3, 0.4) is 0 Å². The third kappa shape index (κ3) is 2.82. The molecule has 0 fully saturated rings. The second kappa shape index (κ2) is 6.42. The molecule has 0 bridgehead atoms. The molecule has 0 saturated heterocycles. The fourth-order valence-electron chi connectivity index (χ4n) is 3.01. The Labute approximate surface area is 148 Å². The number of carbonyl (C=O) groups is 1. The van der Waals surface area contributed by atoms with Gasteiger partial charge in [-0.15, -0.1) is 0 Å². The Hall–Kier alpha value is -3.51. The van der Waals surface area contributed by atoms with Crippen LogP contribution in [-0.2, 0) is 6.54 Å². The molecule has 0 spiro atoms. The Balaban J connectivity index is 1.76. The maximum absolute atomic E-state index is 12.8. The average molecular weight is 345 g/mol. The van der Waals surface area contributed by atoms with Gasteiger partial charge in [-0.05, 0) is 40.6 Å². The zero-order valence-electron chi connectivity index (χ0n) is 13.7. The van der Waals surface area contributed by atoms with Crippen molar-refractivity contribution in [3.63, 3.8) is 0 Å². The van der Waals surface area contributed by atoms with Crippen LogP contribution in [0.4, 0.5) is 0 Å². The van der Waals surface area contributed by atoms with Gasteiger partial charge < -0.3 is 0 Å². The SMILES string of the molecule is O=C(NO)c1ccc2ncn(Cc3ccc4ccccc4c3)c(=O)c2c1. The summed E-state index contributed by atoms with van der Waals surface area (Å²) in [6.07, 6.45) is 1.51. The number of nitrogens with one attached hydrogen (secondary N) is 1. The van der Waals surface area contributed by atoms with Gasteiger partial charge in [-0.2, -0.15) is 0 Å². The zero-order chi connectivity index (χ0) is 18.1. The summed E-state index contributed by atoms with van der Waals surface area (Å²) in [6, 6.07) is 18.6. The molecule has 4 aromatic rings. The quantitative estimate of drug-likeness (QED) is 0.442. The predicted molar refractivity (Wildman–Crippen MR) is 98.3 cm³/mol. The van der Waals surface area contributed by atoms with E-state index in [1.54, 1.807) is 11.5 Å². The number of hydrogen-bond donors (Lipinski definition) is 2. The summed E-state index contributed by atoms with van der Waals surface area (Å²) >= 11 is 0. The van der Waals surface area contributed by atoms with E-state index in [4.69, 9.17) is 5.21 Å². The summed E-state index contributed by atoms with van der Waals surface area (Å²) in [5.41, 5.74) is 3.01. The highest BCUT2D eigenvalue weighted by Crippen LogP contribution is 2.16. The highest BCUT2D eigenvalue weighted by Gasteiger charge is 2.10. The normalized spacial score (nSPS) is 11.0. The summed E-state index contributed by atoms with van der Waals surface area (Å²) in [7, 11) is 0. The first-order chi connectivity index (χ1) is 12.7. The van der Waals surface area contributed by atoms with E-state index in [1.807, 2.05) is 42.5 Å². The first-order valence-electron chi connectivity index (χ1n) is 8.07. The van der Waals surface area contributed by atoms with Crippen molar-refractivity contribution in [1.29, 1.82) is 0 Å². The summed E-state index contributed by atoms with van der Waals surface area (Å²) < 4.78 is 1.51. The van der Waals surface area contributed by atoms with E-state index in [-0.39, 0.29) is 11.1 Å². The fourth-order valence-corrected chi connectivity index (χ4v) is 3.01. The predicted octanol–water partition coefficient (Wildman–Crippen LogP) is 2.72. The van der Waals surface area contributed by atoms with Gasteiger partial charge in [0.25, 0.3) is 11.5 Å². The molecule has 0 atom stereocenters. The van der Waals surface area contributed by atoms with Crippen LogP contribution in [0.1, 0.15) is 15.9 Å². The maximum Gasteiger partial charge on any atom is 0.274 e. The number of amides is 1. The molecule has 1 aromatic heterocycles. The molecule has 0 saturated carbocycles. The Bertz CT molecular complexity index is 1200. The topological polar surface area (TPSA) is 84.2 Å². The van der Waals surface area contributed by atoms with Crippen LogP contribution in [0, 0.1) is 0 Å². The molecule has 1 amide bonds. The van der Waals surface area contributed by atoms with Crippen LogP contribution in [-0.4, -0.2) is 20.7 Å². The van der Waals surface area contributed by atoms with Crippen LogP contribution in [0.2, 0.25) is 0 Å². The van der Waals surface area contributed by atoms with Gasteiger partial charge in [-0.1, -0.05) is 36.4 Å². The van der Waals surface area contributed by atoms with Gasteiger partial charge in [0.2, 0.25) is 0 Å². The summed E-state index contributed by atoms with van der Waals surface area (Å²) in [6.45, 7) is 0.378. The van der Waals surface area contributed by atoms with Crippen molar-refractivity contribution in [1.82, 2.24) is 15.0 Å². The van der Waals surface area contributed by atoms with Crippen LogP contribution < -0.4 is 11.0 Å². The van der Waals surface area contributed by atoms with Gasteiger partial charge in [0.05, 0.1) is 23.8 Å². The van der Waals surface area contributed by atoms with Gasteiger partial charge in [0.1, 0.15) is 0 Å². The molecule has 0 aliphatic carbocycles. The number of nitrogens with zero attached hydrogens (tertiary/aromatic N) is 2. The van der Waals surface area contributed by atoms with Crippen molar-refractivity contribution in [3.8, 4) is 0 Å². The Morgan fingerprint density at radius 3 is 2.65 bits per heavy atom. The van der Waals surface area contributed by atoms with Gasteiger partial charge in [-0.25, -0.2) is 10.5 Å². The lowest BCUT2D eigenvalue weighted by Gasteiger charge is -2.08. The minimum atomic E-state index is -0.670. The number of benzene rings is 3. The van der Waals surface area contributed by atoms with Gasteiger partial charge in [-0.3, -0.25) is 19.4 Å². The monoisotopic (exact) mass is 345 g/mol. The third-order valence-corrected chi connectivity index (χ3v) is 4.35. The summed E-state index contributed by atoms with van der Waals surface area (Å²) in [4.78, 5) is 28.7. The van der Waals surface area contributed by atoms with E-state index in [9.17, 15) is 9.59 Å². The van der Waals surface area contributed by atoms with Crippen molar-refractivity contribution >= 4 is 27.6 Å². The van der Waals surface area contributed by atoms with Crippen LogP contribution in [0.25, 0.3) is 21.7 Å². The second-order valence-corrected chi connectivity index (χ2v) is 6.03. The van der Waals surface area contributed by atoms with E-state index in [0.29, 0.717) is 17.4 Å². The number of hydroxylamine groups is 1. The molecule has 26 heavy (non-hydrogen) atoms. The Kier molecular flexibility index (Phi) is 3.95. The lowest BCUT2D eigenvalue weighted by Crippen LogP contribution is -2.23. The van der Waals surface area contributed by atoms with Crippen molar-refractivity contribution in [2.45, 2.75) is 6.54 Å². The van der Waals surface area contributed by atoms with Gasteiger partial charge in [0.15, 0.2) is 0 Å². The van der Waals surface area contributed by atoms with Crippen LogP contribution >= 0.6 is 0 Å². The van der Waals surface area contributed by atoms with Crippen molar-refractivity contribution < 1.29 is 10.0 Å². The molecule has 0 aliphatic heterocycles. The second-order valence-electron chi connectivity index (χ2n) is 6.03. The Morgan fingerprint density at radius 2 is 1.85 bits per heavy atom. The van der Waals surface area contributed by atoms with Crippen molar-refractivity contribution in [2.75, 3.05) is 0 Å². The number of carbonyl (C=O) groups excluding carboxylic acids is 1. The highest BCUT2D eigenvalue weighted by molar-refractivity contribution is 5.97. The first-order valence-corrected chi connectivity index (χ1v) is 8.07. The zero-order valence-corrected chi connectivity index (χ0v) is 13.7. The van der Waals surface area contributed by atoms with Crippen molar-refractivity contribution in [3.05, 3.63) is 88.5 Å². The van der Waals surface area contributed by atoms with E-state index in [0.717, 1.165) is 16.3 Å².